The van der Waals surface area contributed by atoms with Crippen LogP contribution in [0.1, 0.15) is 16.1 Å². The van der Waals surface area contributed by atoms with Gasteiger partial charge in [0.25, 0.3) is 5.91 Å². The Hall–Kier alpha value is -3.75. The van der Waals surface area contributed by atoms with Crippen LogP contribution in [-0.2, 0) is 6.42 Å². The van der Waals surface area contributed by atoms with Gasteiger partial charge in [-0.3, -0.25) is 4.79 Å². The van der Waals surface area contributed by atoms with Crippen molar-refractivity contribution in [3.05, 3.63) is 59.9 Å². The fourth-order valence-electron chi connectivity index (χ4n) is 3.29. The highest BCUT2D eigenvalue weighted by Crippen LogP contribution is 2.35. The standard InChI is InChI=1S/C21H19FN4O4/c1-28-19-10-23-17(9-24-19)20(27)26-13-7-15-14(4-3-5-18(15)30-11-13)12-6-16(22)21(29-2)25-8-12/h3-6,8-10,13H,7,11H2,1-2H3,(H,26,27)/t13-/m0/s1. The molecule has 9 heteroatoms. The molecule has 3 heterocycles. The molecule has 4 rings (SSSR count). The number of rotatable bonds is 5. The Labute approximate surface area is 172 Å². The van der Waals surface area contributed by atoms with Crippen molar-refractivity contribution in [2.24, 2.45) is 0 Å². The number of methoxy groups -OCH3 is 2. The number of hydrogen-bond donors (Lipinski definition) is 1. The van der Waals surface area contributed by atoms with Crippen LogP contribution in [0.4, 0.5) is 4.39 Å². The zero-order chi connectivity index (χ0) is 21.1. The lowest BCUT2D eigenvalue weighted by Crippen LogP contribution is -2.43. The van der Waals surface area contributed by atoms with Gasteiger partial charge in [0.2, 0.25) is 11.8 Å². The molecule has 1 aromatic carbocycles. The number of hydrogen-bond acceptors (Lipinski definition) is 7. The van der Waals surface area contributed by atoms with Crippen molar-refractivity contribution >= 4 is 5.91 Å². The first-order valence-electron chi connectivity index (χ1n) is 9.20. The topological polar surface area (TPSA) is 95.5 Å². The molecule has 0 aliphatic carbocycles. The van der Waals surface area contributed by atoms with Gasteiger partial charge in [-0.25, -0.2) is 19.3 Å². The quantitative estimate of drug-likeness (QED) is 0.690. The van der Waals surface area contributed by atoms with Crippen LogP contribution in [0.25, 0.3) is 11.1 Å². The van der Waals surface area contributed by atoms with E-state index in [2.05, 4.69) is 20.3 Å². The van der Waals surface area contributed by atoms with Crippen molar-refractivity contribution in [1.82, 2.24) is 20.3 Å². The Morgan fingerprint density at radius 3 is 2.73 bits per heavy atom. The average molecular weight is 410 g/mol. The van der Waals surface area contributed by atoms with Crippen LogP contribution >= 0.6 is 0 Å². The first kappa shape index (κ1) is 19.6. The Morgan fingerprint density at radius 1 is 1.17 bits per heavy atom. The molecule has 2 aromatic heterocycles. The van der Waals surface area contributed by atoms with Crippen LogP contribution in [0.15, 0.2) is 42.9 Å². The van der Waals surface area contributed by atoms with Crippen LogP contribution in [0, 0.1) is 5.82 Å². The number of benzene rings is 1. The largest absolute Gasteiger partial charge is 0.491 e. The summed E-state index contributed by atoms with van der Waals surface area (Å²) < 4.78 is 29.8. The molecule has 3 aromatic rings. The minimum atomic E-state index is -0.549. The van der Waals surface area contributed by atoms with Gasteiger partial charge in [0.1, 0.15) is 18.1 Å². The lowest BCUT2D eigenvalue weighted by molar-refractivity contribution is 0.0910. The first-order chi connectivity index (χ1) is 14.6. The zero-order valence-corrected chi connectivity index (χ0v) is 16.4. The molecule has 30 heavy (non-hydrogen) atoms. The van der Waals surface area contributed by atoms with Crippen LogP contribution in [-0.4, -0.2) is 47.7 Å². The fourth-order valence-corrected chi connectivity index (χ4v) is 3.29. The molecule has 0 saturated carbocycles. The van der Waals surface area contributed by atoms with Crippen molar-refractivity contribution in [2.75, 3.05) is 20.8 Å². The van der Waals surface area contributed by atoms with Crippen molar-refractivity contribution in [1.29, 1.82) is 0 Å². The summed E-state index contributed by atoms with van der Waals surface area (Å²) in [6.45, 7) is 0.307. The number of carbonyl (C=O) groups excluding carboxylic acids is 1. The Kier molecular flexibility index (Phi) is 5.42. The van der Waals surface area contributed by atoms with Crippen LogP contribution in [0.5, 0.6) is 17.5 Å². The Morgan fingerprint density at radius 2 is 2.03 bits per heavy atom. The van der Waals surface area contributed by atoms with Gasteiger partial charge in [0, 0.05) is 23.7 Å². The summed E-state index contributed by atoms with van der Waals surface area (Å²) >= 11 is 0. The van der Waals surface area contributed by atoms with E-state index in [4.69, 9.17) is 14.2 Å². The molecule has 154 valence electrons. The Bertz CT molecular complexity index is 1080. The van der Waals surface area contributed by atoms with Crippen molar-refractivity contribution in [3.8, 4) is 28.6 Å². The van der Waals surface area contributed by atoms with Gasteiger partial charge in [-0.15, -0.1) is 0 Å². The Balaban J connectivity index is 1.55. The number of fused-ring (bicyclic) bond motifs is 1. The van der Waals surface area contributed by atoms with E-state index in [1.807, 2.05) is 18.2 Å². The third-order valence-electron chi connectivity index (χ3n) is 4.74. The zero-order valence-electron chi connectivity index (χ0n) is 16.4. The van der Waals surface area contributed by atoms with Crippen molar-refractivity contribution in [3.63, 3.8) is 0 Å². The van der Waals surface area contributed by atoms with Gasteiger partial charge in [-0.05, 0) is 17.7 Å². The smallest absolute Gasteiger partial charge is 0.271 e. The second-order valence-electron chi connectivity index (χ2n) is 6.63. The van der Waals surface area contributed by atoms with Gasteiger partial charge in [-0.2, -0.15) is 0 Å². The maximum absolute atomic E-state index is 14.2. The number of nitrogens with zero attached hydrogens (tertiary/aromatic N) is 3. The normalized spacial score (nSPS) is 15.0. The monoisotopic (exact) mass is 410 g/mol. The number of ether oxygens (including phenoxy) is 3. The third kappa shape index (κ3) is 3.86. The van der Waals surface area contributed by atoms with E-state index < -0.39 is 5.82 Å². The summed E-state index contributed by atoms with van der Waals surface area (Å²) in [5.74, 6) is 0.0413. The first-order valence-corrected chi connectivity index (χ1v) is 9.20. The molecule has 8 nitrogen and oxygen atoms in total. The summed E-state index contributed by atoms with van der Waals surface area (Å²) in [5, 5.41) is 2.90. The SMILES string of the molecule is COc1cnc(C(=O)N[C@@H]2COc3cccc(-c4cnc(OC)c(F)c4)c3C2)cn1. The molecule has 0 bridgehead atoms. The van der Waals surface area contributed by atoms with Crippen LogP contribution in [0.2, 0.25) is 0 Å². The summed E-state index contributed by atoms with van der Waals surface area (Å²) in [6, 6.07) is 6.63. The van der Waals surface area contributed by atoms with Gasteiger partial charge in [0.05, 0.1) is 32.7 Å². The molecule has 0 fully saturated rings. The molecule has 1 N–H and O–H groups in total. The molecule has 0 saturated heterocycles. The van der Waals surface area contributed by atoms with Crippen LogP contribution < -0.4 is 19.5 Å². The number of nitrogens with one attached hydrogen (secondary N) is 1. The molecule has 1 atom stereocenters. The van der Waals surface area contributed by atoms with Gasteiger partial charge >= 0.3 is 0 Å². The maximum Gasteiger partial charge on any atom is 0.271 e. The number of halogens is 1. The molecule has 1 aliphatic rings. The lowest BCUT2D eigenvalue weighted by atomic mass is 9.93. The number of aromatic nitrogens is 3. The van der Waals surface area contributed by atoms with E-state index in [1.165, 1.54) is 32.7 Å². The van der Waals surface area contributed by atoms with E-state index >= 15 is 0 Å². The summed E-state index contributed by atoms with van der Waals surface area (Å²) in [5.41, 5.74) is 2.42. The minimum absolute atomic E-state index is 0.0643. The van der Waals surface area contributed by atoms with Crippen LogP contribution in [0.3, 0.4) is 0 Å². The predicted molar refractivity (Wildman–Crippen MR) is 105 cm³/mol. The maximum atomic E-state index is 14.2. The second kappa shape index (κ2) is 8.32. The highest BCUT2D eigenvalue weighted by atomic mass is 19.1. The molecule has 1 aliphatic heterocycles. The fraction of sp³-hybridized carbons (Fsp3) is 0.238. The minimum Gasteiger partial charge on any atom is -0.491 e. The number of pyridine rings is 1. The lowest BCUT2D eigenvalue weighted by Gasteiger charge is -2.27. The molecule has 0 spiro atoms. The molecule has 1 amide bonds. The third-order valence-corrected chi connectivity index (χ3v) is 4.74. The summed E-state index contributed by atoms with van der Waals surface area (Å²) in [6.07, 6.45) is 4.79. The highest BCUT2D eigenvalue weighted by molar-refractivity contribution is 5.92. The van der Waals surface area contributed by atoms with E-state index in [0.717, 1.165) is 11.1 Å². The number of carbonyl (C=O) groups is 1. The molecular formula is C21H19FN4O4. The number of amides is 1. The van der Waals surface area contributed by atoms with Gasteiger partial charge < -0.3 is 19.5 Å². The molecular weight excluding hydrogens is 391 g/mol. The predicted octanol–water partition coefficient (Wildman–Crippen LogP) is 2.43. The van der Waals surface area contributed by atoms with E-state index in [1.54, 1.807) is 6.20 Å². The van der Waals surface area contributed by atoms with E-state index in [9.17, 15) is 9.18 Å². The molecule has 0 unspecified atom stereocenters. The van der Waals surface area contributed by atoms with Gasteiger partial charge in [-0.1, -0.05) is 12.1 Å². The summed E-state index contributed by atoms with van der Waals surface area (Å²) in [7, 11) is 2.84. The summed E-state index contributed by atoms with van der Waals surface area (Å²) in [4.78, 5) is 24.6. The van der Waals surface area contributed by atoms with Crippen molar-refractivity contribution in [2.45, 2.75) is 12.5 Å². The second-order valence-corrected chi connectivity index (χ2v) is 6.63. The average Bonchev–Trinajstić information content (AvgIpc) is 2.78. The van der Waals surface area contributed by atoms with E-state index in [-0.39, 0.29) is 23.5 Å². The molecule has 0 radical (unpaired) electrons. The van der Waals surface area contributed by atoms with Gasteiger partial charge in [0.15, 0.2) is 5.82 Å². The highest BCUT2D eigenvalue weighted by Gasteiger charge is 2.25. The van der Waals surface area contributed by atoms with E-state index in [0.29, 0.717) is 30.2 Å². The van der Waals surface area contributed by atoms with Crippen molar-refractivity contribution < 1.29 is 23.4 Å².